The number of piperidine rings is 1. The molecule has 1 aromatic carbocycles. The number of hydrogen-bond donors (Lipinski definition) is 2. The highest BCUT2D eigenvalue weighted by Gasteiger charge is 2.29. The van der Waals surface area contributed by atoms with E-state index >= 15 is 0 Å². The number of aliphatic hydroxyl groups excluding tert-OH is 1. The molecule has 118 valence electrons. The quantitative estimate of drug-likeness (QED) is 0.887. The maximum absolute atomic E-state index is 12.5. The van der Waals surface area contributed by atoms with Crippen LogP contribution in [0.2, 0.25) is 5.02 Å². The second kappa shape index (κ2) is 6.62. The molecule has 0 amide bonds. The third-order valence-corrected chi connectivity index (χ3v) is 5.60. The second-order valence-corrected chi connectivity index (χ2v) is 7.61. The van der Waals surface area contributed by atoms with Gasteiger partial charge in [0.25, 0.3) is 10.0 Å². The Morgan fingerprint density at radius 1 is 1.33 bits per heavy atom. The molecule has 0 bridgehead atoms. The molecule has 7 heteroatoms. The van der Waals surface area contributed by atoms with Crippen molar-refractivity contribution in [2.45, 2.75) is 56.7 Å². The fourth-order valence-electron chi connectivity index (χ4n) is 2.62. The molecule has 0 aliphatic carbocycles. The summed E-state index contributed by atoms with van der Waals surface area (Å²) in [5.74, 6) is 0. The number of halogens is 1. The lowest BCUT2D eigenvalue weighted by Gasteiger charge is -2.38. The Hall–Kier alpha value is -0.660. The summed E-state index contributed by atoms with van der Waals surface area (Å²) in [4.78, 5) is 2.77. The summed E-state index contributed by atoms with van der Waals surface area (Å²) < 4.78 is 24.9. The van der Waals surface area contributed by atoms with Crippen molar-refractivity contribution in [1.29, 1.82) is 0 Å². The first-order valence-corrected chi connectivity index (χ1v) is 8.91. The molecule has 0 saturated carbocycles. The van der Waals surface area contributed by atoms with E-state index < -0.39 is 10.0 Å². The largest absolute Gasteiger partial charge is 0.392 e. The number of benzene rings is 1. The van der Waals surface area contributed by atoms with Crippen LogP contribution in [0.15, 0.2) is 23.1 Å². The molecule has 2 N–H and O–H groups in total. The molecule has 1 saturated heterocycles. The van der Waals surface area contributed by atoms with Gasteiger partial charge in [0.2, 0.25) is 0 Å². The number of nitrogens with zero attached hydrogens (tertiary/aromatic N) is 1. The molecule has 21 heavy (non-hydrogen) atoms. The van der Waals surface area contributed by atoms with Crippen molar-refractivity contribution in [3.8, 4) is 0 Å². The van der Waals surface area contributed by atoms with Crippen LogP contribution in [0.4, 0.5) is 0 Å². The SMILES string of the molecule is CC1CCCC(C)N1NS(=O)(=O)c1ccc(CO)c(Cl)c1. The van der Waals surface area contributed by atoms with E-state index in [9.17, 15) is 8.42 Å². The zero-order valence-corrected chi connectivity index (χ0v) is 13.8. The van der Waals surface area contributed by atoms with Gasteiger partial charge in [0.1, 0.15) is 0 Å². The van der Waals surface area contributed by atoms with E-state index in [0.29, 0.717) is 5.56 Å². The van der Waals surface area contributed by atoms with Crippen LogP contribution < -0.4 is 4.83 Å². The first kappa shape index (κ1) is 16.7. The van der Waals surface area contributed by atoms with Gasteiger partial charge in [-0.15, -0.1) is 4.83 Å². The normalized spacial score (nSPS) is 24.2. The van der Waals surface area contributed by atoms with Crippen molar-refractivity contribution in [3.63, 3.8) is 0 Å². The summed E-state index contributed by atoms with van der Waals surface area (Å²) in [5, 5.41) is 11.1. The van der Waals surface area contributed by atoms with Crippen LogP contribution in [-0.2, 0) is 16.6 Å². The zero-order chi connectivity index (χ0) is 15.6. The average Bonchev–Trinajstić information content (AvgIpc) is 2.43. The van der Waals surface area contributed by atoms with Gasteiger partial charge < -0.3 is 5.11 Å². The fraction of sp³-hybridized carbons (Fsp3) is 0.571. The molecular weight excluding hydrogens is 312 g/mol. The average molecular weight is 333 g/mol. The molecule has 1 heterocycles. The van der Waals surface area contributed by atoms with Gasteiger partial charge in [0, 0.05) is 17.1 Å². The summed E-state index contributed by atoms with van der Waals surface area (Å²) >= 11 is 5.97. The van der Waals surface area contributed by atoms with Crippen LogP contribution >= 0.6 is 11.6 Å². The van der Waals surface area contributed by atoms with Gasteiger partial charge in [-0.2, -0.15) is 0 Å². The molecule has 0 aromatic heterocycles. The Kier molecular flexibility index (Phi) is 5.27. The third-order valence-electron chi connectivity index (χ3n) is 3.92. The van der Waals surface area contributed by atoms with Gasteiger partial charge in [-0.05, 0) is 44.4 Å². The van der Waals surface area contributed by atoms with Gasteiger partial charge >= 0.3 is 0 Å². The van der Waals surface area contributed by atoms with Crippen LogP contribution in [0.1, 0.15) is 38.7 Å². The lowest BCUT2D eigenvalue weighted by Crippen LogP contribution is -2.53. The highest BCUT2D eigenvalue weighted by Crippen LogP contribution is 2.24. The Morgan fingerprint density at radius 3 is 2.48 bits per heavy atom. The van der Waals surface area contributed by atoms with Gasteiger partial charge in [-0.1, -0.05) is 24.1 Å². The van der Waals surface area contributed by atoms with Gasteiger partial charge in [0.15, 0.2) is 0 Å². The lowest BCUT2D eigenvalue weighted by molar-refractivity contribution is 0.0790. The smallest absolute Gasteiger partial charge is 0.253 e. The van der Waals surface area contributed by atoms with Gasteiger partial charge in [0.05, 0.1) is 11.5 Å². The van der Waals surface area contributed by atoms with Gasteiger partial charge in [-0.3, -0.25) is 0 Å². The van der Waals surface area contributed by atoms with Crippen molar-refractivity contribution >= 4 is 21.6 Å². The van der Waals surface area contributed by atoms with E-state index in [1.807, 2.05) is 13.8 Å². The standard InChI is InChI=1S/C14H21ClN2O3S/c1-10-4-3-5-11(2)17(10)16-21(19,20)13-7-6-12(9-18)14(15)8-13/h6-8,10-11,16,18H,3-5,9H2,1-2H3. The Balaban J connectivity index is 2.23. The predicted octanol–water partition coefficient (Wildman–Crippen LogP) is 2.29. The highest BCUT2D eigenvalue weighted by molar-refractivity contribution is 7.89. The molecule has 1 fully saturated rings. The fourth-order valence-corrected chi connectivity index (χ4v) is 4.18. The maximum atomic E-state index is 12.5. The summed E-state index contributed by atoms with van der Waals surface area (Å²) in [6.07, 6.45) is 3.05. The molecule has 0 radical (unpaired) electrons. The van der Waals surface area contributed by atoms with Crippen molar-refractivity contribution in [2.24, 2.45) is 0 Å². The summed E-state index contributed by atoms with van der Waals surface area (Å²) in [7, 11) is -3.66. The van der Waals surface area contributed by atoms with E-state index in [4.69, 9.17) is 16.7 Å². The van der Waals surface area contributed by atoms with Gasteiger partial charge in [-0.25, -0.2) is 13.4 Å². The number of nitrogens with one attached hydrogen (secondary N) is 1. The lowest BCUT2D eigenvalue weighted by atomic mass is 10.0. The zero-order valence-electron chi connectivity index (χ0n) is 12.2. The summed E-state index contributed by atoms with van der Waals surface area (Å²) in [5.41, 5.74) is 0.510. The minimum atomic E-state index is -3.66. The molecule has 1 aliphatic heterocycles. The first-order valence-electron chi connectivity index (χ1n) is 7.05. The Morgan fingerprint density at radius 2 is 1.95 bits per heavy atom. The molecule has 0 spiro atoms. The van der Waals surface area contributed by atoms with E-state index in [-0.39, 0.29) is 28.6 Å². The van der Waals surface area contributed by atoms with E-state index in [1.54, 1.807) is 5.01 Å². The number of hydrazine groups is 1. The van der Waals surface area contributed by atoms with Crippen LogP contribution in [0.3, 0.4) is 0 Å². The van der Waals surface area contributed by atoms with Crippen molar-refractivity contribution in [3.05, 3.63) is 28.8 Å². The minimum absolute atomic E-state index is 0.106. The Bertz CT molecular complexity index is 596. The van der Waals surface area contributed by atoms with Crippen LogP contribution in [-0.4, -0.2) is 30.6 Å². The minimum Gasteiger partial charge on any atom is -0.392 e. The predicted molar refractivity (Wildman–Crippen MR) is 82.3 cm³/mol. The van der Waals surface area contributed by atoms with Crippen molar-refractivity contribution in [2.75, 3.05) is 0 Å². The van der Waals surface area contributed by atoms with Crippen LogP contribution in [0.25, 0.3) is 0 Å². The number of aliphatic hydroxyl groups is 1. The highest BCUT2D eigenvalue weighted by atomic mass is 35.5. The van der Waals surface area contributed by atoms with Crippen molar-refractivity contribution in [1.82, 2.24) is 9.84 Å². The van der Waals surface area contributed by atoms with Crippen LogP contribution in [0.5, 0.6) is 0 Å². The van der Waals surface area contributed by atoms with Crippen LogP contribution in [0, 0.1) is 0 Å². The number of hydrogen-bond acceptors (Lipinski definition) is 4. The maximum Gasteiger partial charge on any atom is 0.253 e. The number of sulfonamides is 1. The van der Waals surface area contributed by atoms with Crippen molar-refractivity contribution < 1.29 is 13.5 Å². The molecule has 2 unspecified atom stereocenters. The Labute approximate surface area is 130 Å². The third kappa shape index (κ3) is 3.76. The van der Waals surface area contributed by atoms with E-state index in [0.717, 1.165) is 19.3 Å². The van der Waals surface area contributed by atoms with E-state index in [2.05, 4.69) is 4.83 Å². The molecule has 1 aromatic rings. The summed E-state index contributed by atoms with van der Waals surface area (Å²) in [6.45, 7) is 3.81. The molecule has 2 rings (SSSR count). The van der Waals surface area contributed by atoms with E-state index in [1.165, 1.54) is 18.2 Å². The molecule has 5 nitrogen and oxygen atoms in total. The number of rotatable bonds is 4. The molecule has 1 aliphatic rings. The first-order chi connectivity index (χ1) is 9.85. The topological polar surface area (TPSA) is 69.6 Å². The molecule has 2 atom stereocenters. The monoisotopic (exact) mass is 332 g/mol. The summed E-state index contributed by atoms with van der Waals surface area (Å²) in [6, 6.07) is 4.68. The molecular formula is C14H21ClN2O3S. The second-order valence-electron chi connectivity index (χ2n) is 5.54.